The lowest BCUT2D eigenvalue weighted by Gasteiger charge is -2.25. The van der Waals surface area contributed by atoms with Gasteiger partial charge in [-0.25, -0.2) is 4.39 Å². The maximum absolute atomic E-state index is 12.9. The van der Waals surface area contributed by atoms with Crippen LogP contribution in [0.15, 0.2) is 48.5 Å². The summed E-state index contributed by atoms with van der Waals surface area (Å²) in [6.07, 6.45) is 0. The zero-order valence-corrected chi connectivity index (χ0v) is 13.7. The summed E-state index contributed by atoms with van der Waals surface area (Å²) in [4.78, 5) is 23.9. The Morgan fingerprint density at radius 3 is 2.12 bits per heavy atom. The highest BCUT2D eigenvalue weighted by Gasteiger charge is 2.30. The maximum Gasteiger partial charge on any atom is 0.267 e. The van der Waals surface area contributed by atoms with Gasteiger partial charge in [-0.3, -0.25) is 9.59 Å². The molecule has 0 radical (unpaired) electrons. The zero-order valence-electron chi connectivity index (χ0n) is 13.7. The van der Waals surface area contributed by atoms with E-state index in [0.29, 0.717) is 17.0 Å². The van der Waals surface area contributed by atoms with Crippen LogP contribution in [0.1, 0.15) is 24.2 Å². The van der Waals surface area contributed by atoms with E-state index >= 15 is 0 Å². The van der Waals surface area contributed by atoms with Crippen molar-refractivity contribution in [1.82, 2.24) is 5.32 Å². The summed E-state index contributed by atoms with van der Waals surface area (Å²) in [5.74, 6) is -0.542. The molecule has 0 aliphatic carbocycles. The van der Waals surface area contributed by atoms with E-state index in [1.54, 1.807) is 45.2 Å². The second-order valence-corrected chi connectivity index (χ2v) is 5.68. The average molecular weight is 330 g/mol. The molecule has 0 saturated heterocycles. The molecule has 6 heteroatoms. The number of benzene rings is 2. The highest BCUT2D eigenvalue weighted by molar-refractivity contribution is 5.98. The van der Waals surface area contributed by atoms with Gasteiger partial charge in [-0.15, -0.1) is 0 Å². The summed E-state index contributed by atoms with van der Waals surface area (Å²) in [5.41, 5.74) is -0.113. The first kappa shape index (κ1) is 17.5. The van der Waals surface area contributed by atoms with E-state index in [4.69, 9.17) is 4.74 Å². The molecule has 0 aliphatic heterocycles. The van der Waals surface area contributed by atoms with E-state index in [0.717, 1.165) is 0 Å². The SMILES string of the molecule is CNC(=O)c1ccc(NC(=O)C(C)(C)Oc2ccc(F)cc2)cc1. The van der Waals surface area contributed by atoms with Crippen LogP contribution in [0.25, 0.3) is 0 Å². The van der Waals surface area contributed by atoms with Crippen LogP contribution >= 0.6 is 0 Å². The monoisotopic (exact) mass is 330 g/mol. The first-order valence-electron chi connectivity index (χ1n) is 7.40. The number of carbonyl (C=O) groups is 2. The molecule has 0 spiro atoms. The van der Waals surface area contributed by atoms with Gasteiger partial charge in [-0.2, -0.15) is 0 Å². The molecule has 126 valence electrons. The Balaban J connectivity index is 2.04. The van der Waals surface area contributed by atoms with Gasteiger partial charge in [-0.05, 0) is 62.4 Å². The lowest BCUT2D eigenvalue weighted by atomic mass is 10.1. The molecule has 0 heterocycles. The van der Waals surface area contributed by atoms with Crippen LogP contribution in [-0.2, 0) is 4.79 Å². The quantitative estimate of drug-likeness (QED) is 0.886. The summed E-state index contributed by atoms with van der Waals surface area (Å²) in [5, 5.41) is 5.25. The van der Waals surface area contributed by atoms with E-state index in [1.165, 1.54) is 24.3 Å². The Kier molecular flexibility index (Phi) is 5.18. The molecule has 0 aliphatic rings. The number of amides is 2. The van der Waals surface area contributed by atoms with Gasteiger partial charge in [0, 0.05) is 18.3 Å². The Hall–Kier alpha value is -2.89. The van der Waals surface area contributed by atoms with Crippen LogP contribution in [0.4, 0.5) is 10.1 Å². The summed E-state index contributed by atoms with van der Waals surface area (Å²) in [7, 11) is 1.55. The standard InChI is InChI=1S/C18H19FN2O3/c1-18(2,24-15-10-6-13(19)7-11-15)17(23)21-14-8-4-12(5-9-14)16(22)20-3/h4-11H,1-3H3,(H,20,22)(H,21,23). The van der Waals surface area contributed by atoms with Crippen LogP contribution in [0.3, 0.4) is 0 Å². The largest absolute Gasteiger partial charge is 0.478 e. The van der Waals surface area contributed by atoms with Crippen LogP contribution in [0.5, 0.6) is 5.75 Å². The van der Waals surface area contributed by atoms with Gasteiger partial charge in [0.2, 0.25) is 0 Å². The highest BCUT2D eigenvalue weighted by Crippen LogP contribution is 2.20. The van der Waals surface area contributed by atoms with Gasteiger partial charge in [0.1, 0.15) is 11.6 Å². The molecule has 0 saturated carbocycles. The third kappa shape index (κ3) is 4.32. The second-order valence-electron chi connectivity index (χ2n) is 5.68. The van der Waals surface area contributed by atoms with Crippen molar-refractivity contribution in [1.29, 1.82) is 0 Å². The maximum atomic E-state index is 12.9. The molecular weight excluding hydrogens is 311 g/mol. The van der Waals surface area contributed by atoms with Crippen molar-refractivity contribution < 1.29 is 18.7 Å². The summed E-state index contributed by atoms with van der Waals surface area (Å²) < 4.78 is 18.5. The van der Waals surface area contributed by atoms with Crippen LogP contribution in [0, 0.1) is 5.82 Å². The fraction of sp³-hybridized carbons (Fsp3) is 0.222. The molecule has 0 aromatic heterocycles. The Labute approximate surface area is 139 Å². The molecule has 24 heavy (non-hydrogen) atoms. The van der Waals surface area contributed by atoms with Crippen LogP contribution in [0.2, 0.25) is 0 Å². The minimum absolute atomic E-state index is 0.201. The summed E-state index contributed by atoms with van der Waals surface area (Å²) in [6, 6.07) is 11.9. The number of ether oxygens (including phenoxy) is 1. The number of hydrogen-bond donors (Lipinski definition) is 2. The smallest absolute Gasteiger partial charge is 0.267 e. The fourth-order valence-electron chi connectivity index (χ4n) is 1.97. The van der Waals surface area contributed by atoms with Gasteiger partial charge in [0.15, 0.2) is 5.60 Å². The number of anilines is 1. The molecule has 0 bridgehead atoms. The van der Waals surface area contributed by atoms with Gasteiger partial charge in [0.25, 0.3) is 11.8 Å². The number of rotatable bonds is 5. The molecule has 5 nitrogen and oxygen atoms in total. The molecule has 0 atom stereocenters. The third-order valence-corrected chi connectivity index (χ3v) is 3.37. The molecule has 2 aromatic carbocycles. The first-order valence-corrected chi connectivity index (χ1v) is 7.40. The summed E-state index contributed by atoms with van der Waals surface area (Å²) >= 11 is 0. The number of hydrogen-bond acceptors (Lipinski definition) is 3. The third-order valence-electron chi connectivity index (χ3n) is 3.37. The van der Waals surface area contributed by atoms with E-state index in [9.17, 15) is 14.0 Å². The number of halogens is 1. The number of carbonyl (C=O) groups excluding carboxylic acids is 2. The van der Waals surface area contributed by atoms with Crippen molar-refractivity contribution in [2.45, 2.75) is 19.4 Å². The number of nitrogens with one attached hydrogen (secondary N) is 2. The van der Waals surface area contributed by atoms with Crippen molar-refractivity contribution in [3.8, 4) is 5.75 Å². The predicted octanol–water partition coefficient (Wildman–Crippen LogP) is 2.98. The Morgan fingerprint density at radius 2 is 1.58 bits per heavy atom. The zero-order chi connectivity index (χ0) is 17.7. The minimum atomic E-state index is -1.16. The molecule has 2 aromatic rings. The van der Waals surface area contributed by atoms with E-state index < -0.39 is 5.60 Å². The lowest BCUT2D eigenvalue weighted by Crippen LogP contribution is -2.42. The normalized spacial score (nSPS) is 10.8. The molecule has 2 rings (SSSR count). The van der Waals surface area contributed by atoms with Crippen molar-refractivity contribution in [2.24, 2.45) is 0 Å². The first-order chi connectivity index (χ1) is 11.3. The van der Waals surface area contributed by atoms with E-state index in [2.05, 4.69) is 10.6 Å². The molecule has 0 unspecified atom stereocenters. The Bertz CT molecular complexity index is 725. The van der Waals surface area contributed by atoms with E-state index in [1.807, 2.05) is 0 Å². The fourth-order valence-corrected chi connectivity index (χ4v) is 1.97. The molecular formula is C18H19FN2O3. The molecule has 2 amide bonds. The summed E-state index contributed by atoms with van der Waals surface area (Å²) in [6.45, 7) is 3.23. The highest BCUT2D eigenvalue weighted by atomic mass is 19.1. The van der Waals surface area contributed by atoms with Gasteiger partial charge >= 0.3 is 0 Å². The van der Waals surface area contributed by atoms with E-state index in [-0.39, 0.29) is 17.6 Å². The van der Waals surface area contributed by atoms with Crippen molar-refractivity contribution >= 4 is 17.5 Å². The molecule has 2 N–H and O–H groups in total. The Morgan fingerprint density at radius 1 is 1.00 bits per heavy atom. The lowest BCUT2D eigenvalue weighted by molar-refractivity contribution is -0.128. The topological polar surface area (TPSA) is 67.4 Å². The van der Waals surface area contributed by atoms with Crippen molar-refractivity contribution in [3.63, 3.8) is 0 Å². The minimum Gasteiger partial charge on any atom is -0.478 e. The van der Waals surface area contributed by atoms with Gasteiger partial charge in [-0.1, -0.05) is 0 Å². The van der Waals surface area contributed by atoms with Crippen LogP contribution in [-0.4, -0.2) is 24.5 Å². The molecule has 0 fully saturated rings. The second kappa shape index (κ2) is 7.12. The van der Waals surface area contributed by atoms with Gasteiger partial charge < -0.3 is 15.4 Å². The van der Waals surface area contributed by atoms with Crippen LogP contribution < -0.4 is 15.4 Å². The van der Waals surface area contributed by atoms with Crippen molar-refractivity contribution in [2.75, 3.05) is 12.4 Å². The predicted molar refractivity (Wildman–Crippen MR) is 89.6 cm³/mol. The van der Waals surface area contributed by atoms with Gasteiger partial charge in [0.05, 0.1) is 0 Å². The van der Waals surface area contributed by atoms with Crippen molar-refractivity contribution in [3.05, 3.63) is 59.9 Å². The average Bonchev–Trinajstić information content (AvgIpc) is 2.56.